The minimum atomic E-state index is -1.21. The molecule has 2 aromatic carbocycles. The van der Waals surface area contributed by atoms with E-state index in [4.69, 9.17) is 21.2 Å². The number of rotatable bonds is 11. The summed E-state index contributed by atoms with van der Waals surface area (Å²) in [5.74, 6) is -0.559. The number of esters is 1. The van der Waals surface area contributed by atoms with Crippen LogP contribution in [-0.2, 0) is 25.5 Å². The van der Waals surface area contributed by atoms with Gasteiger partial charge in [0, 0.05) is 18.4 Å². The van der Waals surface area contributed by atoms with E-state index in [0.29, 0.717) is 30.5 Å². The van der Waals surface area contributed by atoms with Crippen molar-refractivity contribution in [1.29, 1.82) is 0 Å². The maximum Gasteiger partial charge on any atom is 0.343 e. The lowest BCUT2D eigenvalue weighted by Gasteiger charge is -2.28. The fourth-order valence-electron chi connectivity index (χ4n) is 4.11. The van der Waals surface area contributed by atoms with E-state index >= 15 is 0 Å². The third-order valence-corrected chi connectivity index (χ3v) is 7.63. The van der Waals surface area contributed by atoms with Crippen LogP contribution in [0.25, 0.3) is 0 Å². The maximum absolute atomic E-state index is 13.3. The average Bonchev–Trinajstić information content (AvgIpc) is 2.90. The van der Waals surface area contributed by atoms with Crippen LogP contribution in [0, 0.1) is 5.92 Å². The Morgan fingerprint density at radius 2 is 1.83 bits per heavy atom. The maximum atomic E-state index is 13.3. The Bertz CT molecular complexity index is 1120. The molecule has 3 unspecified atom stereocenters. The zero-order valence-electron chi connectivity index (χ0n) is 20.4. The zero-order valence-corrected chi connectivity index (χ0v) is 22.0. The number of benzene rings is 2. The SMILES string of the molecule is CC/C(=N/OC/C=C/Cl)C1=C(OC(=O)c2ccccc2)CC(CC(C)[S+]([O-])c2ccccc2)CC1=O. The Kier molecular flexibility index (Phi) is 10.8. The first-order chi connectivity index (χ1) is 17.4. The number of carbonyl (C=O) groups is 2. The first kappa shape index (κ1) is 27.7. The molecular formula is C28H30ClNO5S. The van der Waals surface area contributed by atoms with Gasteiger partial charge in [-0.2, -0.15) is 0 Å². The van der Waals surface area contributed by atoms with Crippen molar-refractivity contribution in [3.8, 4) is 0 Å². The van der Waals surface area contributed by atoms with E-state index in [1.807, 2.05) is 50.2 Å². The molecule has 0 aromatic heterocycles. The van der Waals surface area contributed by atoms with E-state index in [2.05, 4.69) is 5.16 Å². The Morgan fingerprint density at radius 1 is 1.17 bits per heavy atom. The van der Waals surface area contributed by atoms with Crippen LogP contribution in [0.1, 0.15) is 49.9 Å². The second-order valence-corrected chi connectivity index (χ2v) is 10.6. The normalized spacial score (nSPS) is 18.3. The van der Waals surface area contributed by atoms with Crippen LogP contribution in [-0.4, -0.2) is 33.9 Å². The number of halogens is 1. The minimum Gasteiger partial charge on any atom is -0.611 e. The predicted molar refractivity (Wildman–Crippen MR) is 142 cm³/mol. The number of Topliss-reactive ketones (excluding diaryl/α,β-unsaturated/α-hetero) is 1. The molecule has 36 heavy (non-hydrogen) atoms. The Balaban J connectivity index is 1.86. The molecule has 0 bridgehead atoms. The van der Waals surface area contributed by atoms with Crippen molar-refractivity contribution in [2.24, 2.45) is 11.1 Å². The van der Waals surface area contributed by atoms with Gasteiger partial charge in [-0.15, -0.1) is 0 Å². The van der Waals surface area contributed by atoms with Crippen LogP contribution in [0.2, 0.25) is 0 Å². The van der Waals surface area contributed by atoms with Gasteiger partial charge in [-0.25, -0.2) is 4.79 Å². The van der Waals surface area contributed by atoms with Crippen molar-refractivity contribution in [2.45, 2.75) is 49.7 Å². The van der Waals surface area contributed by atoms with Gasteiger partial charge < -0.3 is 14.1 Å². The molecule has 0 radical (unpaired) electrons. The molecule has 8 heteroatoms. The van der Waals surface area contributed by atoms with Crippen molar-refractivity contribution in [3.63, 3.8) is 0 Å². The Hall–Kier alpha value is -2.87. The Labute approximate surface area is 220 Å². The standard InChI is InChI=1S/C28H30ClNO5S/c1-3-24(30-34-16-10-15-29)27-25(31)18-21(17-20(2)36(33)23-13-8-5-9-14-23)19-26(27)35-28(32)22-11-6-4-7-12-22/h4-15,20-21H,3,16-19H2,1-2H3/b15-10+,30-24-. The molecule has 0 saturated heterocycles. The van der Waals surface area contributed by atoms with Gasteiger partial charge in [-0.05, 0) is 67.2 Å². The average molecular weight is 528 g/mol. The highest BCUT2D eigenvalue weighted by Crippen LogP contribution is 2.34. The largest absolute Gasteiger partial charge is 0.611 e. The first-order valence-electron chi connectivity index (χ1n) is 11.9. The van der Waals surface area contributed by atoms with Crippen LogP contribution in [0.15, 0.2) is 93.7 Å². The van der Waals surface area contributed by atoms with Gasteiger partial charge in [0.2, 0.25) is 0 Å². The third kappa shape index (κ3) is 7.56. The number of allylic oxidation sites excluding steroid dienone is 2. The molecule has 0 aliphatic heterocycles. The van der Waals surface area contributed by atoms with Gasteiger partial charge in [0.25, 0.3) is 0 Å². The van der Waals surface area contributed by atoms with Gasteiger partial charge in [0.15, 0.2) is 10.7 Å². The summed E-state index contributed by atoms with van der Waals surface area (Å²) in [4.78, 5) is 32.3. The number of ether oxygens (including phenoxy) is 1. The van der Waals surface area contributed by atoms with Crippen molar-refractivity contribution < 1.29 is 23.7 Å². The highest BCUT2D eigenvalue weighted by molar-refractivity contribution is 7.92. The van der Waals surface area contributed by atoms with E-state index in [0.717, 1.165) is 4.90 Å². The molecule has 190 valence electrons. The van der Waals surface area contributed by atoms with E-state index in [1.54, 1.807) is 30.3 Å². The molecule has 2 aromatic rings. The number of nitrogens with zero attached hydrogens (tertiary/aromatic N) is 1. The van der Waals surface area contributed by atoms with E-state index < -0.39 is 17.1 Å². The molecule has 6 nitrogen and oxygen atoms in total. The summed E-state index contributed by atoms with van der Waals surface area (Å²) in [5, 5.41) is 3.95. The number of hydrogen-bond acceptors (Lipinski definition) is 6. The highest BCUT2D eigenvalue weighted by atomic mass is 35.5. The molecule has 0 N–H and O–H groups in total. The molecule has 1 aliphatic rings. The second kappa shape index (κ2) is 14.0. The summed E-state index contributed by atoms with van der Waals surface area (Å²) in [6.07, 6.45) is 3.14. The lowest BCUT2D eigenvalue weighted by Crippen LogP contribution is -2.30. The fourth-order valence-corrected chi connectivity index (χ4v) is 5.52. The number of carbonyl (C=O) groups excluding carboxylic acids is 2. The van der Waals surface area contributed by atoms with E-state index in [1.165, 1.54) is 5.54 Å². The van der Waals surface area contributed by atoms with Crippen molar-refractivity contribution in [2.75, 3.05) is 6.61 Å². The number of oxime groups is 1. The highest BCUT2D eigenvalue weighted by Gasteiger charge is 2.35. The molecule has 0 heterocycles. The molecule has 3 atom stereocenters. The third-order valence-electron chi connectivity index (χ3n) is 5.80. The summed E-state index contributed by atoms with van der Waals surface area (Å²) in [5.41, 5.74) is 2.41. The molecule has 0 amide bonds. The first-order valence-corrected chi connectivity index (χ1v) is 13.5. The smallest absolute Gasteiger partial charge is 0.343 e. The van der Waals surface area contributed by atoms with Gasteiger partial charge in [-0.1, -0.05) is 60.1 Å². The van der Waals surface area contributed by atoms with E-state index in [-0.39, 0.29) is 41.3 Å². The van der Waals surface area contributed by atoms with Crippen molar-refractivity contribution in [1.82, 2.24) is 0 Å². The topological polar surface area (TPSA) is 88.0 Å². The van der Waals surface area contributed by atoms with Gasteiger partial charge >= 0.3 is 5.97 Å². The van der Waals surface area contributed by atoms with Gasteiger partial charge in [0.1, 0.15) is 17.6 Å². The van der Waals surface area contributed by atoms with Gasteiger partial charge in [-0.3, -0.25) is 4.79 Å². The van der Waals surface area contributed by atoms with Crippen LogP contribution < -0.4 is 0 Å². The number of ketones is 1. The summed E-state index contributed by atoms with van der Waals surface area (Å²) >= 11 is 4.31. The fraction of sp³-hybridized carbons (Fsp3) is 0.321. The summed E-state index contributed by atoms with van der Waals surface area (Å²) in [6, 6.07) is 17.9. The molecular weight excluding hydrogens is 498 g/mol. The van der Waals surface area contributed by atoms with E-state index in [9.17, 15) is 14.1 Å². The summed E-state index contributed by atoms with van der Waals surface area (Å²) < 4.78 is 18.8. The van der Waals surface area contributed by atoms with Crippen molar-refractivity contribution >= 4 is 40.2 Å². The lowest BCUT2D eigenvalue weighted by molar-refractivity contribution is -0.116. The van der Waals surface area contributed by atoms with Crippen LogP contribution in [0.4, 0.5) is 0 Å². The molecule has 0 saturated carbocycles. The van der Waals surface area contributed by atoms with Gasteiger partial charge in [0.05, 0.1) is 16.8 Å². The molecule has 1 aliphatic carbocycles. The quantitative estimate of drug-likeness (QED) is 0.114. The Morgan fingerprint density at radius 3 is 2.47 bits per heavy atom. The summed E-state index contributed by atoms with van der Waals surface area (Å²) in [6.45, 7) is 3.92. The second-order valence-electron chi connectivity index (χ2n) is 8.46. The monoisotopic (exact) mass is 527 g/mol. The number of hydrogen-bond donors (Lipinski definition) is 0. The lowest BCUT2D eigenvalue weighted by atomic mass is 9.82. The minimum absolute atomic E-state index is 0.124. The predicted octanol–water partition coefficient (Wildman–Crippen LogP) is 6.20. The molecule has 0 fully saturated rings. The van der Waals surface area contributed by atoms with Crippen LogP contribution in [0.5, 0.6) is 0 Å². The molecule has 0 spiro atoms. The van der Waals surface area contributed by atoms with Crippen LogP contribution in [0.3, 0.4) is 0 Å². The van der Waals surface area contributed by atoms with Crippen molar-refractivity contribution in [3.05, 3.63) is 89.2 Å². The molecule has 3 rings (SSSR count). The van der Waals surface area contributed by atoms with Crippen LogP contribution >= 0.6 is 11.6 Å². The summed E-state index contributed by atoms with van der Waals surface area (Å²) in [7, 11) is 0. The zero-order chi connectivity index (χ0) is 25.9.